The van der Waals surface area contributed by atoms with Gasteiger partial charge < -0.3 is 20.3 Å². The Hall–Kier alpha value is -2.72. The van der Waals surface area contributed by atoms with Gasteiger partial charge in [0.05, 0.1) is 12.2 Å². The number of alkyl carbamates (subject to hydrolysis) is 1. The van der Waals surface area contributed by atoms with Crippen molar-refractivity contribution in [1.29, 1.82) is 0 Å². The molecule has 4 rings (SSSR count). The van der Waals surface area contributed by atoms with Gasteiger partial charge in [-0.2, -0.15) is 0 Å². The summed E-state index contributed by atoms with van der Waals surface area (Å²) in [7, 11) is 0. The molecule has 0 radical (unpaired) electrons. The molecule has 1 fully saturated rings. The maximum Gasteiger partial charge on any atom is 0.414 e. The molecule has 32 heavy (non-hydrogen) atoms. The molecule has 0 spiro atoms. The summed E-state index contributed by atoms with van der Waals surface area (Å²) in [6.07, 6.45) is 1.57. The Balaban J connectivity index is 1.38. The Bertz CT molecular complexity index is 1020. The van der Waals surface area contributed by atoms with Crippen molar-refractivity contribution in [3.63, 3.8) is 0 Å². The zero-order valence-electron chi connectivity index (χ0n) is 18.0. The van der Waals surface area contributed by atoms with Crippen LogP contribution in [-0.4, -0.2) is 43.0 Å². The Morgan fingerprint density at radius 3 is 2.75 bits per heavy atom. The van der Waals surface area contributed by atoms with Crippen molar-refractivity contribution >= 4 is 57.4 Å². The number of rotatable bonds is 5. The van der Waals surface area contributed by atoms with E-state index in [-0.39, 0.29) is 18.1 Å². The average molecular weight is 475 g/mol. The predicted octanol–water partition coefficient (Wildman–Crippen LogP) is 4.35. The number of anilines is 3. The monoisotopic (exact) mass is 474 g/mol. The Kier molecular flexibility index (Phi) is 6.90. The van der Waals surface area contributed by atoms with E-state index < -0.39 is 17.4 Å². The molecule has 1 saturated heterocycles. The summed E-state index contributed by atoms with van der Waals surface area (Å²) in [5.41, 5.74) is 2.33. The molecule has 2 aromatic rings. The number of amides is 3. The van der Waals surface area contributed by atoms with E-state index in [1.165, 1.54) is 41.6 Å². The summed E-state index contributed by atoms with van der Waals surface area (Å²) in [4.78, 5) is 40.2. The number of ether oxygens (including phenoxy) is 1. The number of hydrogen-bond acceptors (Lipinski definition) is 8. The highest BCUT2D eigenvalue weighted by molar-refractivity contribution is 8.01. The first kappa shape index (κ1) is 22.5. The molecule has 170 valence electrons. The molecule has 3 heterocycles. The minimum atomic E-state index is -0.816. The summed E-state index contributed by atoms with van der Waals surface area (Å²) in [5.74, 6) is -0.102. The number of carbonyl (C=O) groups excluding carboxylic acids is 3. The zero-order chi connectivity index (χ0) is 22.7. The number of imide groups is 1. The first-order chi connectivity index (χ1) is 15.4. The third-order valence-corrected chi connectivity index (χ3v) is 7.51. The maximum atomic E-state index is 12.9. The summed E-state index contributed by atoms with van der Waals surface area (Å²) < 4.78 is 4.74. The molecule has 1 aromatic carbocycles. The minimum absolute atomic E-state index is 0.163. The van der Waals surface area contributed by atoms with Crippen LogP contribution in [0.1, 0.15) is 37.0 Å². The highest BCUT2D eigenvalue weighted by Gasteiger charge is 2.30. The molecule has 3 amide bonds. The number of fused-ring (bicyclic) bond motifs is 1. The van der Waals surface area contributed by atoms with Crippen molar-refractivity contribution in [2.24, 2.45) is 5.92 Å². The van der Waals surface area contributed by atoms with E-state index in [4.69, 9.17) is 4.74 Å². The number of nitrogens with zero attached hydrogens (tertiary/aromatic N) is 1. The number of benzene rings is 1. The smallest absolute Gasteiger partial charge is 0.414 e. The van der Waals surface area contributed by atoms with Crippen molar-refractivity contribution in [3.05, 3.63) is 35.2 Å². The lowest BCUT2D eigenvalue weighted by Gasteiger charge is -2.32. The van der Waals surface area contributed by atoms with Crippen molar-refractivity contribution in [3.8, 4) is 0 Å². The SMILES string of the molecule is CCOC(=O)NC(=O)c1ccsc1NC(=O)C1Nc2ccc(N3CCC(C)CC3)cc2S1. The van der Waals surface area contributed by atoms with E-state index in [0.29, 0.717) is 5.00 Å². The third-order valence-electron chi connectivity index (χ3n) is 5.52. The van der Waals surface area contributed by atoms with Crippen molar-refractivity contribution < 1.29 is 19.1 Å². The van der Waals surface area contributed by atoms with Gasteiger partial charge in [-0.05, 0) is 55.3 Å². The van der Waals surface area contributed by atoms with Crippen LogP contribution in [-0.2, 0) is 9.53 Å². The molecule has 0 aliphatic carbocycles. The average Bonchev–Trinajstić information content (AvgIpc) is 3.40. The predicted molar refractivity (Wildman–Crippen MR) is 128 cm³/mol. The van der Waals surface area contributed by atoms with Crippen LogP contribution in [0.15, 0.2) is 34.5 Å². The van der Waals surface area contributed by atoms with E-state index >= 15 is 0 Å². The third kappa shape index (κ3) is 5.02. The fraction of sp³-hybridized carbons (Fsp3) is 0.409. The molecular formula is C22H26N4O4S2. The molecule has 0 saturated carbocycles. The maximum absolute atomic E-state index is 12.9. The lowest BCUT2D eigenvalue weighted by molar-refractivity contribution is -0.115. The Morgan fingerprint density at radius 1 is 1.22 bits per heavy atom. The van der Waals surface area contributed by atoms with Gasteiger partial charge in [-0.1, -0.05) is 18.7 Å². The van der Waals surface area contributed by atoms with Crippen LogP contribution in [0.5, 0.6) is 0 Å². The molecule has 8 nitrogen and oxygen atoms in total. The summed E-state index contributed by atoms with van der Waals surface area (Å²) >= 11 is 2.68. The number of thioether (sulfide) groups is 1. The van der Waals surface area contributed by atoms with Crippen LogP contribution in [0.25, 0.3) is 0 Å². The van der Waals surface area contributed by atoms with Gasteiger partial charge in [0.1, 0.15) is 5.00 Å². The molecule has 1 unspecified atom stereocenters. The fourth-order valence-corrected chi connectivity index (χ4v) is 5.53. The van der Waals surface area contributed by atoms with Crippen molar-refractivity contribution in [2.45, 2.75) is 37.0 Å². The highest BCUT2D eigenvalue weighted by atomic mass is 32.2. The van der Waals surface area contributed by atoms with E-state index in [2.05, 4.69) is 39.9 Å². The Labute approximate surface area is 195 Å². The minimum Gasteiger partial charge on any atom is -0.450 e. The number of nitrogens with one attached hydrogen (secondary N) is 3. The number of carbonyl (C=O) groups is 3. The van der Waals surface area contributed by atoms with Gasteiger partial charge in [0.2, 0.25) is 0 Å². The first-order valence-corrected chi connectivity index (χ1v) is 12.4. The quantitative estimate of drug-likeness (QED) is 0.592. The number of thiophene rings is 1. The summed E-state index contributed by atoms with van der Waals surface area (Å²) in [5, 5.41) is 9.77. The van der Waals surface area contributed by atoms with Crippen molar-refractivity contribution in [1.82, 2.24) is 5.32 Å². The van der Waals surface area contributed by atoms with Gasteiger partial charge in [0.15, 0.2) is 5.37 Å². The fourth-order valence-electron chi connectivity index (χ4n) is 3.70. The number of hydrogen-bond donors (Lipinski definition) is 3. The molecule has 3 N–H and O–H groups in total. The molecule has 2 aliphatic rings. The lowest BCUT2D eigenvalue weighted by Crippen LogP contribution is -2.32. The van der Waals surface area contributed by atoms with Gasteiger partial charge >= 0.3 is 6.09 Å². The summed E-state index contributed by atoms with van der Waals surface area (Å²) in [6, 6.07) is 7.82. The zero-order valence-corrected chi connectivity index (χ0v) is 19.6. The second kappa shape index (κ2) is 9.83. The molecule has 10 heteroatoms. The molecule has 1 atom stereocenters. The second-order valence-electron chi connectivity index (χ2n) is 7.82. The Morgan fingerprint density at radius 2 is 2.00 bits per heavy atom. The van der Waals surface area contributed by atoms with Gasteiger partial charge in [0, 0.05) is 29.4 Å². The topological polar surface area (TPSA) is 99.8 Å². The number of piperidine rings is 1. The second-order valence-corrected chi connectivity index (χ2v) is 9.88. The normalized spacial score (nSPS) is 17.9. The molecule has 0 bridgehead atoms. The van der Waals surface area contributed by atoms with E-state index in [9.17, 15) is 14.4 Å². The van der Waals surface area contributed by atoms with Crippen LogP contribution in [0.4, 0.5) is 21.2 Å². The molecular weight excluding hydrogens is 448 g/mol. The first-order valence-electron chi connectivity index (χ1n) is 10.6. The van der Waals surface area contributed by atoms with Crippen LogP contribution in [0.2, 0.25) is 0 Å². The summed E-state index contributed by atoms with van der Waals surface area (Å²) in [6.45, 7) is 6.22. The lowest BCUT2D eigenvalue weighted by atomic mass is 9.99. The van der Waals surface area contributed by atoms with Gasteiger partial charge in [-0.15, -0.1) is 11.3 Å². The van der Waals surface area contributed by atoms with E-state index in [0.717, 1.165) is 29.6 Å². The van der Waals surface area contributed by atoms with Gasteiger partial charge in [0.25, 0.3) is 11.8 Å². The van der Waals surface area contributed by atoms with E-state index in [1.807, 2.05) is 6.07 Å². The van der Waals surface area contributed by atoms with Crippen LogP contribution >= 0.6 is 23.1 Å². The van der Waals surface area contributed by atoms with Crippen molar-refractivity contribution in [2.75, 3.05) is 35.2 Å². The van der Waals surface area contributed by atoms with Gasteiger partial charge in [-0.3, -0.25) is 14.9 Å². The van der Waals surface area contributed by atoms with Gasteiger partial charge in [-0.25, -0.2) is 4.79 Å². The largest absolute Gasteiger partial charge is 0.450 e. The molecule has 1 aromatic heterocycles. The highest BCUT2D eigenvalue weighted by Crippen LogP contribution is 2.41. The standard InChI is InChI=1S/C22H26N4O4S2/c1-3-30-22(29)25-18(27)15-8-11-31-20(15)24-19(28)21-23-16-5-4-14(12-17(16)32-21)26-9-6-13(2)7-10-26/h4-5,8,11-13,21,23H,3,6-7,9-10H2,1-2H3,(H,24,28)(H,25,27,29). The molecule has 2 aliphatic heterocycles. The van der Waals surface area contributed by atoms with E-state index in [1.54, 1.807) is 18.4 Å². The van der Waals surface area contributed by atoms with Crippen LogP contribution < -0.4 is 20.9 Å². The van der Waals surface area contributed by atoms with Crippen LogP contribution in [0, 0.1) is 5.92 Å². The van der Waals surface area contributed by atoms with Crippen LogP contribution in [0.3, 0.4) is 0 Å².